The molecule has 2 N–H and O–H groups in total. The molecule has 0 aliphatic carbocycles. The van der Waals surface area contributed by atoms with Crippen LogP contribution in [0.2, 0.25) is 0 Å². The average molecular weight is 606 g/mol. The van der Waals surface area contributed by atoms with Gasteiger partial charge in [0.25, 0.3) is 0 Å². The number of aliphatic carboxylic acids is 1. The predicted octanol–water partition coefficient (Wildman–Crippen LogP) is 6.46. The van der Waals surface area contributed by atoms with Crippen LogP contribution in [0.1, 0.15) is 27.1 Å². The molecule has 206 valence electrons. The first-order chi connectivity index (χ1) is 20.1. The van der Waals surface area contributed by atoms with Gasteiger partial charge in [-0.1, -0.05) is 53.7 Å². The molecule has 4 aromatic carbocycles. The van der Waals surface area contributed by atoms with Crippen molar-refractivity contribution in [2.45, 2.75) is 19.1 Å². The monoisotopic (exact) mass is 605 g/mol. The fraction of sp³-hybridized carbons (Fsp3) is 0.0968. The zero-order valence-corrected chi connectivity index (χ0v) is 23.1. The third-order valence-electron chi connectivity index (χ3n) is 6.43. The van der Waals surface area contributed by atoms with E-state index in [1.165, 1.54) is 0 Å². The van der Waals surface area contributed by atoms with Gasteiger partial charge in [0.05, 0.1) is 26.4 Å². The summed E-state index contributed by atoms with van der Waals surface area (Å²) in [5, 5.41) is 24.2. The van der Waals surface area contributed by atoms with E-state index in [0.29, 0.717) is 35.8 Å². The second-order valence-corrected chi connectivity index (χ2v) is 11.3. The molecule has 2 aromatic heterocycles. The maximum absolute atomic E-state index is 12.0. The van der Waals surface area contributed by atoms with Crippen LogP contribution in [-0.4, -0.2) is 61.5 Å². The molecule has 0 saturated carbocycles. The van der Waals surface area contributed by atoms with Gasteiger partial charge in [0, 0.05) is 0 Å². The number of oxime groups is 1. The van der Waals surface area contributed by atoms with Crippen molar-refractivity contribution in [3.8, 4) is 11.5 Å². The van der Waals surface area contributed by atoms with E-state index in [0.717, 1.165) is 30.4 Å². The van der Waals surface area contributed by atoms with Gasteiger partial charge in [-0.15, -0.1) is 22.7 Å². The van der Waals surface area contributed by atoms with Gasteiger partial charge in [0.2, 0.25) is 0 Å². The van der Waals surface area contributed by atoms with Gasteiger partial charge in [-0.25, -0.2) is 14.8 Å². The Hall–Kier alpha value is -3.80. The number of carbonyl (C=O) groups is 1. The third kappa shape index (κ3) is 6.64. The number of thiazole rings is 2. The Kier molecular flexibility index (Phi) is 9.51. The van der Waals surface area contributed by atoms with Crippen LogP contribution < -0.4 is 9.47 Å². The molecule has 0 spiro atoms. The van der Waals surface area contributed by atoms with Crippen LogP contribution in [0, 0.1) is 0 Å². The summed E-state index contributed by atoms with van der Waals surface area (Å²) in [7, 11) is 0. The summed E-state index contributed by atoms with van der Waals surface area (Å²) in [5.74, 6) is -0.898. The summed E-state index contributed by atoms with van der Waals surface area (Å²) >= 11 is 3.16. The van der Waals surface area contributed by atoms with E-state index < -0.39 is 17.6 Å². The molecule has 42 heavy (non-hydrogen) atoms. The van der Waals surface area contributed by atoms with Crippen LogP contribution in [-0.2, 0) is 18.0 Å². The molecule has 0 aliphatic rings. The summed E-state index contributed by atoms with van der Waals surface area (Å²) in [4.78, 5) is 21.1. The van der Waals surface area contributed by atoms with Gasteiger partial charge in [0.15, 0.2) is 5.71 Å². The molecule has 0 bridgehead atoms. The average Bonchev–Trinajstić information content (AvgIpc) is 3.62. The molecule has 11 heteroatoms. The number of nitrogens with zero attached hydrogens (tertiary/aromatic N) is 3. The maximum atomic E-state index is 12.0. The van der Waals surface area contributed by atoms with Crippen molar-refractivity contribution in [2.75, 3.05) is 0 Å². The second-order valence-electron chi connectivity index (χ2n) is 9.09. The summed E-state index contributed by atoms with van der Waals surface area (Å²) in [6.07, 6.45) is 0. The van der Waals surface area contributed by atoms with Crippen molar-refractivity contribution in [1.29, 1.82) is 0 Å². The van der Waals surface area contributed by atoms with Gasteiger partial charge < -0.3 is 19.8 Å². The third-order valence-corrected chi connectivity index (χ3v) is 8.45. The fourth-order valence-corrected chi connectivity index (χ4v) is 6.26. The van der Waals surface area contributed by atoms with Gasteiger partial charge in [-0.05, 0) is 59.7 Å². The van der Waals surface area contributed by atoms with E-state index in [-0.39, 0.29) is 29.6 Å². The minimum atomic E-state index is -1.31. The molecule has 0 radical (unpaired) electrons. The summed E-state index contributed by atoms with van der Waals surface area (Å²) in [5.41, 5.74) is 2.75. The molecule has 0 aliphatic heterocycles. The molecule has 0 fully saturated rings. The van der Waals surface area contributed by atoms with E-state index in [9.17, 15) is 15.1 Å². The molecular weight excluding hydrogens is 581 g/mol. The number of carboxylic acids is 1. The number of hydrogen-bond donors (Lipinski definition) is 2. The Labute approximate surface area is 271 Å². The number of carboxylic acid groups (broad SMARTS) is 1. The number of ether oxygens (including phenoxy) is 2. The second kappa shape index (κ2) is 13.5. The van der Waals surface area contributed by atoms with E-state index in [1.54, 1.807) is 71.2 Å². The summed E-state index contributed by atoms with van der Waals surface area (Å²) in [6, 6.07) is 30.0. The van der Waals surface area contributed by atoms with Crippen LogP contribution in [0.15, 0.2) is 102 Å². The molecule has 6 rings (SSSR count). The summed E-state index contributed by atoms with van der Waals surface area (Å²) < 4.78 is 14.0. The fourth-order valence-electron chi connectivity index (χ4n) is 4.50. The number of hydrogen-bond acceptors (Lipinski definition) is 9. The summed E-state index contributed by atoms with van der Waals surface area (Å²) in [6.45, 7) is 0.637. The first-order valence-electron chi connectivity index (χ1n) is 12.7. The SMILES string of the molecule is O=C(O)/C(=N\O)C(c1ccc(OCc2nc3ccccc3s2)cc1)c1ccc(OCc2nc3ccccc3s2)cc1.[NaH]. The molecule has 2 heterocycles. The van der Waals surface area contributed by atoms with E-state index in [2.05, 4.69) is 15.1 Å². The van der Waals surface area contributed by atoms with Crippen molar-refractivity contribution in [1.82, 2.24) is 9.97 Å². The van der Waals surface area contributed by atoms with Gasteiger partial charge in [0.1, 0.15) is 34.7 Å². The molecule has 0 atom stereocenters. The first kappa shape index (κ1) is 29.7. The van der Waals surface area contributed by atoms with Crippen molar-refractivity contribution in [3.63, 3.8) is 0 Å². The number of aromatic nitrogens is 2. The Morgan fingerprint density at radius 1 is 0.714 bits per heavy atom. The molecular formula is C31H24N3NaO5S2. The van der Waals surface area contributed by atoms with Crippen LogP contribution in [0.4, 0.5) is 0 Å². The van der Waals surface area contributed by atoms with Gasteiger partial charge >= 0.3 is 35.5 Å². The molecule has 0 unspecified atom stereocenters. The van der Waals surface area contributed by atoms with Crippen molar-refractivity contribution in [2.24, 2.45) is 5.16 Å². The van der Waals surface area contributed by atoms with Crippen molar-refractivity contribution >= 4 is 84.3 Å². The van der Waals surface area contributed by atoms with Crippen LogP contribution >= 0.6 is 22.7 Å². The molecule has 6 aromatic rings. The number of para-hydroxylation sites is 2. The predicted molar refractivity (Wildman–Crippen MR) is 167 cm³/mol. The zero-order chi connectivity index (χ0) is 28.2. The minimum absolute atomic E-state index is 0. The molecule has 0 saturated heterocycles. The van der Waals surface area contributed by atoms with E-state index in [4.69, 9.17) is 9.47 Å². The van der Waals surface area contributed by atoms with Gasteiger partial charge in [-0.3, -0.25) is 0 Å². The van der Waals surface area contributed by atoms with Crippen LogP contribution in [0.5, 0.6) is 11.5 Å². The van der Waals surface area contributed by atoms with Crippen molar-refractivity contribution < 1.29 is 24.6 Å². The quantitative estimate of drug-likeness (QED) is 0.0797. The van der Waals surface area contributed by atoms with E-state index in [1.807, 2.05) is 48.5 Å². The Morgan fingerprint density at radius 3 is 1.52 bits per heavy atom. The number of fused-ring (bicyclic) bond motifs is 2. The van der Waals surface area contributed by atoms with Crippen LogP contribution in [0.3, 0.4) is 0 Å². The van der Waals surface area contributed by atoms with E-state index >= 15 is 0 Å². The molecule has 8 nitrogen and oxygen atoms in total. The number of benzene rings is 4. The van der Waals surface area contributed by atoms with Gasteiger partial charge in [-0.2, -0.15) is 0 Å². The Balaban J connectivity index is 0.00000353. The zero-order valence-electron chi connectivity index (χ0n) is 21.5. The number of rotatable bonds is 10. The Morgan fingerprint density at radius 2 is 1.14 bits per heavy atom. The topological polar surface area (TPSA) is 114 Å². The standard InChI is InChI=1S/C31H23N3O5S2.Na.H/c35-31(36)30(34-37)29(19-9-13-21(14-10-19)38-17-27-32-23-5-1-3-7-25(23)40-27)20-11-15-22(16-12-20)39-18-28-33-24-6-2-4-8-26(24)41-28;;/h1-16,29,37H,17-18H2,(H,35,36);;/b34-30-;;. The van der Waals surface area contributed by atoms with Crippen molar-refractivity contribution in [3.05, 3.63) is 118 Å². The normalized spacial score (nSPS) is 11.5. The molecule has 0 amide bonds. The van der Waals surface area contributed by atoms with Crippen LogP contribution in [0.25, 0.3) is 20.4 Å². The Bertz CT molecular complexity index is 1670. The first-order valence-corrected chi connectivity index (χ1v) is 14.3.